The van der Waals surface area contributed by atoms with E-state index in [1.165, 1.54) is 11.3 Å². The van der Waals surface area contributed by atoms with Gasteiger partial charge >= 0.3 is 5.97 Å². The lowest BCUT2D eigenvalue weighted by molar-refractivity contribution is 0.0701. The molecule has 0 amide bonds. The van der Waals surface area contributed by atoms with E-state index in [-0.39, 0.29) is 0 Å². The Hall–Kier alpha value is -1.10. The van der Waals surface area contributed by atoms with E-state index < -0.39 is 5.97 Å². The molecule has 1 aromatic heterocycles. The van der Waals surface area contributed by atoms with Crippen molar-refractivity contribution in [2.45, 2.75) is 52.9 Å². The maximum atomic E-state index is 11.2. The van der Waals surface area contributed by atoms with Gasteiger partial charge in [0.05, 0.1) is 5.69 Å². The Morgan fingerprint density at radius 2 is 1.79 bits per heavy atom. The highest BCUT2D eigenvalue weighted by Gasteiger charge is 2.19. The van der Waals surface area contributed by atoms with E-state index in [9.17, 15) is 9.90 Å². The van der Waals surface area contributed by atoms with Crippen molar-refractivity contribution in [1.82, 2.24) is 4.98 Å². The molecule has 4 nitrogen and oxygen atoms in total. The van der Waals surface area contributed by atoms with Gasteiger partial charge in [-0.05, 0) is 19.3 Å². The molecule has 0 radical (unpaired) electrons. The zero-order valence-electron chi connectivity index (χ0n) is 12.1. The van der Waals surface area contributed by atoms with Crippen molar-refractivity contribution >= 4 is 22.4 Å². The minimum absolute atomic E-state index is 0.399. The summed E-state index contributed by atoms with van der Waals surface area (Å²) in [5, 5.41) is 10.1. The summed E-state index contributed by atoms with van der Waals surface area (Å²) in [5.74, 6) is -0.855. The number of aryl methyl sites for hydroxylation is 1. The Labute approximate surface area is 119 Å². The van der Waals surface area contributed by atoms with E-state index in [1.807, 2.05) is 6.92 Å². The summed E-state index contributed by atoms with van der Waals surface area (Å²) in [6.45, 7) is 8.21. The molecule has 0 aliphatic heterocycles. The SMILES string of the molecule is CCCCN(CCCC)c1nc(CC)c(C(=O)O)s1. The number of rotatable bonds is 9. The Kier molecular flexibility index (Phi) is 6.84. The van der Waals surface area contributed by atoms with E-state index in [0.717, 1.165) is 43.9 Å². The second-order valence-electron chi connectivity index (χ2n) is 4.63. The molecule has 0 aromatic carbocycles. The standard InChI is InChI=1S/C14H24N2O2S/c1-4-7-9-16(10-8-5-2)14-15-11(6-3)12(19-14)13(17)18/h4-10H2,1-3H3,(H,17,18). The second-order valence-corrected chi connectivity index (χ2v) is 5.60. The Morgan fingerprint density at radius 3 is 2.16 bits per heavy atom. The molecular formula is C14H24N2O2S. The van der Waals surface area contributed by atoms with Crippen molar-refractivity contribution in [3.63, 3.8) is 0 Å². The van der Waals surface area contributed by atoms with Crippen LogP contribution in [0.1, 0.15) is 61.8 Å². The highest BCUT2D eigenvalue weighted by Crippen LogP contribution is 2.27. The fourth-order valence-corrected chi connectivity index (χ4v) is 2.93. The maximum absolute atomic E-state index is 11.2. The summed E-state index contributed by atoms with van der Waals surface area (Å²) in [6.07, 6.45) is 5.19. The minimum Gasteiger partial charge on any atom is -0.477 e. The molecular weight excluding hydrogens is 260 g/mol. The molecule has 0 aliphatic rings. The number of anilines is 1. The van der Waals surface area contributed by atoms with Crippen LogP contribution in [0.3, 0.4) is 0 Å². The number of nitrogens with zero attached hydrogens (tertiary/aromatic N) is 2. The zero-order chi connectivity index (χ0) is 14.3. The summed E-state index contributed by atoms with van der Waals surface area (Å²) in [7, 11) is 0. The number of carboxylic acids is 1. The number of hydrogen-bond donors (Lipinski definition) is 1. The molecule has 0 unspecified atom stereocenters. The monoisotopic (exact) mass is 284 g/mol. The lowest BCUT2D eigenvalue weighted by atomic mass is 10.3. The lowest BCUT2D eigenvalue weighted by Crippen LogP contribution is -2.25. The van der Waals surface area contributed by atoms with Crippen molar-refractivity contribution in [1.29, 1.82) is 0 Å². The average molecular weight is 284 g/mol. The first-order chi connectivity index (χ1) is 9.13. The Balaban J connectivity index is 2.90. The van der Waals surface area contributed by atoms with E-state index in [1.54, 1.807) is 0 Å². The highest BCUT2D eigenvalue weighted by atomic mass is 32.1. The van der Waals surface area contributed by atoms with Gasteiger partial charge < -0.3 is 10.0 Å². The van der Waals surface area contributed by atoms with E-state index >= 15 is 0 Å². The van der Waals surface area contributed by atoms with Gasteiger partial charge in [0, 0.05) is 13.1 Å². The zero-order valence-corrected chi connectivity index (χ0v) is 12.9. The third kappa shape index (κ3) is 4.49. The number of thiazole rings is 1. The predicted molar refractivity (Wildman–Crippen MR) is 80.5 cm³/mol. The van der Waals surface area contributed by atoms with E-state index in [4.69, 9.17) is 0 Å². The summed E-state index contributed by atoms with van der Waals surface area (Å²) < 4.78 is 0. The number of carboxylic acid groups (broad SMARTS) is 1. The van der Waals surface area contributed by atoms with Gasteiger partial charge in [-0.3, -0.25) is 0 Å². The van der Waals surface area contributed by atoms with Gasteiger partial charge in [-0.1, -0.05) is 44.9 Å². The van der Waals surface area contributed by atoms with Crippen LogP contribution in [0.2, 0.25) is 0 Å². The molecule has 0 fully saturated rings. The number of unbranched alkanes of at least 4 members (excludes halogenated alkanes) is 2. The summed E-state index contributed by atoms with van der Waals surface area (Å²) >= 11 is 1.32. The Bertz CT molecular complexity index is 396. The molecule has 0 spiro atoms. The first-order valence-corrected chi connectivity index (χ1v) is 7.93. The van der Waals surface area contributed by atoms with Crippen LogP contribution < -0.4 is 4.90 Å². The fraction of sp³-hybridized carbons (Fsp3) is 0.714. The average Bonchev–Trinajstić information content (AvgIpc) is 2.83. The van der Waals surface area contributed by atoms with Crippen molar-refractivity contribution in [2.75, 3.05) is 18.0 Å². The van der Waals surface area contributed by atoms with Gasteiger partial charge in [-0.15, -0.1) is 0 Å². The molecule has 0 saturated heterocycles. The molecule has 1 aromatic rings. The molecule has 1 N–H and O–H groups in total. The second kappa shape index (κ2) is 8.15. The van der Waals surface area contributed by atoms with Gasteiger partial charge in [0.1, 0.15) is 4.88 Å². The summed E-state index contributed by atoms with van der Waals surface area (Å²) in [4.78, 5) is 18.4. The molecule has 108 valence electrons. The lowest BCUT2D eigenvalue weighted by Gasteiger charge is -2.21. The first-order valence-electron chi connectivity index (χ1n) is 7.11. The Morgan fingerprint density at radius 1 is 1.21 bits per heavy atom. The molecule has 0 atom stereocenters. The third-order valence-corrected chi connectivity index (χ3v) is 4.20. The van der Waals surface area contributed by atoms with Crippen LogP contribution in [-0.2, 0) is 6.42 Å². The normalized spacial score (nSPS) is 10.7. The van der Waals surface area contributed by atoms with Crippen LogP contribution >= 0.6 is 11.3 Å². The number of aromatic nitrogens is 1. The summed E-state index contributed by atoms with van der Waals surface area (Å²) in [5.41, 5.74) is 0.713. The predicted octanol–water partition coefficient (Wildman–Crippen LogP) is 3.81. The number of aromatic carboxylic acids is 1. The third-order valence-electron chi connectivity index (χ3n) is 3.05. The molecule has 1 rings (SSSR count). The van der Waals surface area contributed by atoms with Crippen molar-refractivity contribution < 1.29 is 9.90 Å². The van der Waals surface area contributed by atoms with Gasteiger partial charge in [-0.2, -0.15) is 0 Å². The molecule has 19 heavy (non-hydrogen) atoms. The van der Waals surface area contributed by atoms with Gasteiger partial charge in [0.25, 0.3) is 0 Å². The quantitative estimate of drug-likeness (QED) is 0.749. The number of carbonyl (C=O) groups is 1. The van der Waals surface area contributed by atoms with E-state index in [0.29, 0.717) is 17.0 Å². The molecule has 5 heteroatoms. The first kappa shape index (κ1) is 16.0. The van der Waals surface area contributed by atoms with Crippen molar-refractivity contribution in [3.05, 3.63) is 10.6 Å². The largest absolute Gasteiger partial charge is 0.477 e. The van der Waals surface area contributed by atoms with Crippen LogP contribution in [-0.4, -0.2) is 29.1 Å². The molecule has 0 bridgehead atoms. The van der Waals surface area contributed by atoms with Crippen LogP contribution in [0.15, 0.2) is 0 Å². The van der Waals surface area contributed by atoms with Crippen LogP contribution in [0.4, 0.5) is 5.13 Å². The maximum Gasteiger partial charge on any atom is 0.347 e. The topological polar surface area (TPSA) is 53.4 Å². The fourth-order valence-electron chi connectivity index (χ4n) is 1.88. The van der Waals surface area contributed by atoms with Crippen molar-refractivity contribution in [3.8, 4) is 0 Å². The van der Waals surface area contributed by atoms with Gasteiger partial charge in [-0.25, -0.2) is 9.78 Å². The van der Waals surface area contributed by atoms with Crippen molar-refractivity contribution in [2.24, 2.45) is 0 Å². The molecule has 0 saturated carbocycles. The summed E-state index contributed by atoms with van der Waals surface area (Å²) in [6, 6.07) is 0. The minimum atomic E-state index is -0.855. The van der Waals surface area contributed by atoms with E-state index in [2.05, 4.69) is 23.7 Å². The molecule has 1 heterocycles. The van der Waals surface area contributed by atoms with Gasteiger partial charge in [0.2, 0.25) is 0 Å². The van der Waals surface area contributed by atoms with Crippen LogP contribution in [0.5, 0.6) is 0 Å². The van der Waals surface area contributed by atoms with Crippen LogP contribution in [0, 0.1) is 0 Å². The smallest absolute Gasteiger partial charge is 0.347 e. The van der Waals surface area contributed by atoms with Gasteiger partial charge in [0.15, 0.2) is 5.13 Å². The number of hydrogen-bond acceptors (Lipinski definition) is 4. The van der Waals surface area contributed by atoms with Crippen LogP contribution in [0.25, 0.3) is 0 Å². The molecule has 0 aliphatic carbocycles. The highest BCUT2D eigenvalue weighted by molar-refractivity contribution is 7.17.